The third-order valence-electron chi connectivity index (χ3n) is 3.49. The molecule has 1 aromatic carbocycles. The fourth-order valence-corrected chi connectivity index (χ4v) is 2.07. The summed E-state index contributed by atoms with van der Waals surface area (Å²) in [6.07, 6.45) is -6.14. The van der Waals surface area contributed by atoms with Crippen LogP contribution in [0.3, 0.4) is 0 Å². The lowest BCUT2D eigenvalue weighted by molar-refractivity contribution is -0.143. The van der Waals surface area contributed by atoms with Crippen LogP contribution in [0.4, 0.5) is 0 Å². The first-order valence-electron chi connectivity index (χ1n) is 7.25. The fourth-order valence-electron chi connectivity index (χ4n) is 2.07. The highest BCUT2D eigenvalue weighted by Crippen LogP contribution is 2.17. The summed E-state index contributed by atoms with van der Waals surface area (Å²) in [6.45, 7) is -0.655. The Kier molecular flexibility index (Phi) is 7.75. The number of carbonyl (C=O) groups excluding carboxylic acids is 1. The van der Waals surface area contributed by atoms with Gasteiger partial charge in [0.15, 0.2) is 6.10 Å². The third kappa shape index (κ3) is 5.55. The van der Waals surface area contributed by atoms with E-state index in [4.69, 9.17) is 15.9 Å². The number of hydrogen-bond donors (Lipinski definition) is 7. The Morgan fingerprint density at radius 2 is 1.67 bits per heavy atom. The molecule has 0 spiro atoms. The van der Waals surface area contributed by atoms with Crippen LogP contribution < -0.4 is 11.1 Å². The van der Waals surface area contributed by atoms with E-state index < -0.39 is 55.3 Å². The number of rotatable bonds is 9. The van der Waals surface area contributed by atoms with Gasteiger partial charge in [0.25, 0.3) is 5.91 Å². The first-order chi connectivity index (χ1) is 11.3. The Hall–Kier alpha value is -2.04. The lowest BCUT2D eigenvalue weighted by Crippen LogP contribution is -2.54. The SMILES string of the molecule is N[C@@H](CO)[C@@H](O)[C@@H](O)[C@H](O)C(=O)N[C@@H](CC(=O)O)c1ccccc1. The molecule has 0 saturated heterocycles. The largest absolute Gasteiger partial charge is 0.481 e. The van der Waals surface area contributed by atoms with Crippen molar-refractivity contribution in [3.63, 3.8) is 0 Å². The predicted molar refractivity (Wildman–Crippen MR) is 82.7 cm³/mol. The molecular formula is C15H22N2O7. The summed E-state index contributed by atoms with van der Waals surface area (Å²) >= 11 is 0. The number of nitrogens with one attached hydrogen (secondary N) is 1. The van der Waals surface area contributed by atoms with E-state index in [0.717, 1.165) is 0 Å². The van der Waals surface area contributed by atoms with Gasteiger partial charge in [-0.2, -0.15) is 0 Å². The number of nitrogens with two attached hydrogens (primary N) is 1. The average Bonchev–Trinajstić information content (AvgIpc) is 2.58. The van der Waals surface area contributed by atoms with E-state index in [1.165, 1.54) is 0 Å². The van der Waals surface area contributed by atoms with Crippen molar-refractivity contribution in [3.8, 4) is 0 Å². The van der Waals surface area contributed by atoms with E-state index in [9.17, 15) is 24.9 Å². The molecule has 8 N–H and O–H groups in total. The molecule has 0 aliphatic heterocycles. The van der Waals surface area contributed by atoms with Gasteiger partial charge in [0.05, 0.1) is 25.1 Å². The van der Waals surface area contributed by atoms with Gasteiger partial charge in [-0.25, -0.2) is 0 Å². The standard InChI is InChI=1S/C15H22N2O7/c16-9(7-18)12(21)13(22)14(23)15(24)17-10(6-11(19)20)8-4-2-1-3-5-8/h1-5,9-10,12-14,18,21-23H,6-7,16H2,(H,17,24)(H,19,20)/t9-,10-,12+,13+,14-/m0/s1. The lowest BCUT2D eigenvalue weighted by atomic mass is 9.99. The van der Waals surface area contributed by atoms with E-state index in [1.54, 1.807) is 30.3 Å². The molecule has 0 unspecified atom stereocenters. The third-order valence-corrected chi connectivity index (χ3v) is 3.49. The number of aliphatic hydroxyl groups is 4. The van der Waals surface area contributed by atoms with Gasteiger partial charge >= 0.3 is 5.97 Å². The summed E-state index contributed by atoms with van der Waals surface area (Å²) in [5.74, 6) is -2.23. The van der Waals surface area contributed by atoms with Crippen molar-refractivity contribution in [1.82, 2.24) is 5.32 Å². The van der Waals surface area contributed by atoms with Crippen molar-refractivity contribution in [2.24, 2.45) is 5.73 Å². The smallest absolute Gasteiger partial charge is 0.305 e. The van der Waals surface area contributed by atoms with Gasteiger partial charge in [0.2, 0.25) is 0 Å². The number of aliphatic carboxylic acids is 1. The molecule has 0 bridgehead atoms. The molecule has 0 aromatic heterocycles. The molecular weight excluding hydrogens is 320 g/mol. The first-order valence-corrected chi connectivity index (χ1v) is 7.25. The van der Waals surface area contributed by atoms with Crippen LogP contribution in [-0.2, 0) is 9.59 Å². The second-order valence-corrected chi connectivity index (χ2v) is 5.34. The number of amides is 1. The molecule has 1 amide bonds. The Morgan fingerprint density at radius 1 is 1.08 bits per heavy atom. The number of aliphatic hydroxyl groups excluding tert-OH is 4. The molecule has 0 saturated carbocycles. The van der Waals surface area contributed by atoms with Crippen LogP contribution in [0, 0.1) is 0 Å². The minimum absolute atomic E-state index is 0.433. The van der Waals surface area contributed by atoms with Crippen LogP contribution in [0.25, 0.3) is 0 Å². The minimum Gasteiger partial charge on any atom is -0.481 e. The van der Waals surface area contributed by atoms with Crippen molar-refractivity contribution >= 4 is 11.9 Å². The summed E-state index contributed by atoms with van der Waals surface area (Å²) < 4.78 is 0. The maximum Gasteiger partial charge on any atom is 0.305 e. The first kappa shape index (κ1) is 20.0. The zero-order valence-corrected chi connectivity index (χ0v) is 12.8. The molecule has 1 aromatic rings. The normalized spacial score (nSPS) is 17.4. The molecule has 9 heteroatoms. The monoisotopic (exact) mass is 342 g/mol. The molecule has 0 radical (unpaired) electrons. The highest BCUT2D eigenvalue weighted by atomic mass is 16.4. The van der Waals surface area contributed by atoms with Gasteiger partial charge < -0.3 is 36.6 Å². The summed E-state index contributed by atoms with van der Waals surface area (Å²) in [5.41, 5.74) is 5.84. The molecule has 0 heterocycles. The lowest BCUT2D eigenvalue weighted by Gasteiger charge is -2.27. The van der Waals surface area contributed by atoms with Gasteiger partial charge in [0.1, 0.15) is 12.2 Å². The molecule has 0 aliphatic rings. The molecule has 9 nitrogen and oxygen atoms in total. The average molecular weight is 342 g/mol. The molecule has 5 atom stereocenters. The number of benzene rings is 1. The highest BCUT2D eigenvalue weighted by molar-refractivity contribution is 5.82. The van der Waals surface area contributed by atoms with Crippen LogP contribution in [0.2, 0.25) is 0 Å². The molecule has 0 aliphatic carbocycles. The van der Waals surface area contributed by atoms with Gasteiger partial charge in [-0.1, -0.05) is 30.3 Å². The van der Waals surface area contributed by atoms with E-state index in [1.807, 2.05) is 0 Å². The maximum atomic E-state index is 12.0. The number of hydrogen-bond acceptors (Lipinski definition) is 7. The van der Waals surface area contributed by atoms with Crippen molar-refractivity contribution in [3.05, 3.63) is 35.9 Å². The number of carboxylic acids is 1. The van der Waals surface area contributed by atoms with Gasteiger partial charge in [-0.05, 0) is 5.56 Å². The number of carboxylic acid groups (broad SMARTS) is 1. The van der Waals surface area contributed by atoms with Crippen molar-refractivity contribution in [2.45, 2.75) is 36.8 Å². The van der Waals surface area contributed by atoms with Gasteiger partial charge in [0, 0.05) is 0 Å². The van der Waals surface area contributed by atoms with Crippen LogP contribution in [0.15, 0.2) is 30.3 Å². The summed E-state index contributed by atoms with van der Waals surface area (Å²) in [4.78, 5) is 23.0. The van der Waals surface area contributed by atoms with Crippen LogP contribution in [0.1, 0.15) is 18.0 Å². The Morgan fingerprint density at radius 3 is 2.17 bits per heavy atom. The van der Waals surface area contributed by atoms with Crippen molar-refractivity contribution in [1.29, 1.82) is 0 Å². The number of carbonyl (C=O) groups is 2. The zero-order chi connectivity index (χ0) is 18.3. The Labute approximate surface area is 138 Å². The predicted octanol–water partition coefficient (Wildman–Crippen LogP) is -2.28. The summed E-state index contributed by atoms with van der Waals surface area (Å²) in [7, 11) is 0. The molecule has 24 heavy (non-hydrogen) atoms. The van der Waals surface area contributed by atoms with Crippen LogP contribution >= 0.6 is 0 Å². The second kappa shape index (κ2) is 9.30. The fraction of sp³-hybridized carbons (Fsp3) is 0.467. The highest BCUT2D eigenvalue weighted by Gasteiger charge is 2.34. The van der Waals surface area contributed by atoms with Crippen LogP contribution in [0.5, 0.6) is 0 Å². The zero-order valence-electron chi connectivity index (χ0n) is 12.8. The Bertz CT molecular complexity index is 540. The summed E-state index contributed by atoms with van der Waals surface area (Å²) in [5, 5.41) is 49.3. The molecule has 1 rings (SSSR count). The topological polar surface area (TPSA) is 173 Å². The van der Waals surface area contributed by atoms with E-state index in [-0.39, 0.29) is 0 Å². The van der Waals surface area contributed by atoms with Gasteiger partial charge in [-0.15, -0.1) is 0 Å². The van der Waals surface area contributed by atoms with Crippen molar-refractivity contribution < 1.29 is 35.1 Å². The van der Waals surface area contributed by atoms with Gasteiger partial charge in [-0.3, -0.25) is 9.59 Å². The van der Waals surface area contributed by atoms with E-state index in [0.29, 0.717) is 5.56 Å². The molecule has 134 valence electrons. The summed E-state index contributed by atoms with van der Waals surface area (Å²) in [6, 6.07) is 6.07. The van der Waals surface area contributed by atoms with E-state index >= 15 is 0 Å². The van der Waals surface area contributed by atoms with Crippen LogP contribution in [-0.4, -0.2) is 68.4 Å². The quantitative estimate of drug-likeness (QED) is 0.263. The molecule has 0 fully saturated rings. The Balaban J connectivity index is 2.82. The maximum absolute atomic E-state index is 12.0. The van der Waals surface area contributed by atoms with Crippen molar-refractivity contribution in [2.75, 3.05) is 6.61 Å². The second-order valence-electron chi connectivity index (χ2n) is 5.34. The van der Waals surface area contributed by atoms with E-state index in [2.05, 4.69) is 5.32 Å². The minimum atomic E-state index is -2.04.